The quantitative estimate of drug-likeness (QED) is 0.822. The van der Waals surface area contributed by atoms with Gasteiger partial charge in [-0.05, 0) is 18.6 Å². The number of hydrogen-bond acceptors (Lipinski definition) is 4. The van der Waals surface area contributed by atoms with E-state index in [4.69, 9.17) is 9.29 Å². The first kappa shape index (κ1) is 13.0. The highest BCUT2D eigenvalue weighted by Gasteiger charge is 2.19. The van der Waals surface area contributed by atoms with Gasteiger partial charge >= 0.3 is 10.3 Å². The fraction of sp³-hybridized carbons (Fsp3) is 0.400. The highest BCUT2D eigenvalue weighted by Crippen LogP contribution is 2.19. The summed E-state index contributed by atoms with van der Waals surface area (Å²) in [4.78, 5) is 0. The number of nitrogens with zero attached hydrogens (tertiary/aromatic N) is 1. The van der Waals surface area contributed by atoms with Crippen molar-refractivity contribution in [1.82, 2.24) is 4.31 Å². The van der Waals surface area contributed by atoms with Gasteiger partial charge in [0, 0.05) is 13.6 Å². The Bertz CT molecular complexity index is 444. The molecule has 0 radical (unpaired) electrons. The molecular formula is C10H15NO4S. The van der Waals surface area contributed by atoms with Crippen LogP contribution in [-0.2, 0) is 10.3 Å². The van der Waals surface area contributed by atoms with Gasteiger partial charge in [0.15, 0.2) is 0 Å². The van der Waals surface area contributed by atoms with E-state index >= 15 is 0 Å². The molecule has 1 N–H and O–H groups in total. The number of hydrogen-bond donors (Lipinski definition) is 1. The zero-order valence-corrected chi connectivity index (χ0v) is 10.1. The van der Waals surface area contributed by atoms with Crippen molar-refractivity contribution in [3.8, 4) is 5.75 Å². The topological polar surface area (TPSA) is 66.8 Å². The number of rotatable bonds is 5. The van der Waals surface area contributed by atoms with Crippen molar-refractivity contribution in [2.45, 2.75) is 6.92 Å². The maximum Gasteiger partial charge on any atom is 0.384 e. The summed E-state index contributed by atoms with van der Waals surface area (Å²) in [5.41, 5.74) is 0.739. The van der Waals surface area contributed by atoms with Crippen molar-refractivity contribution < 1.29 is 17.7 Å². The number of likely N-dealkylation sites (N-methyl/N-ethyl adjacent to an activating group) is 1. The molecule has 0 saturated carbocycles. The zero-order valence-electron chi connectivity index (χ0n) is 9.25. The van der Waals surface area contributed by atoms with E-state index in [0.29, 0.717) is 5.75 Å². The summed E-state index contributed by atoms with van der Waals surface area (Å²) < 4.78 is 29.2. The van der Waals surface area contributed by atoms with Gasteiger partial charge in [0.1, 0.15) is 5.75 Å². The van der Waals surface area contributed by atoms with Gasteiger partial charge in [-0.15, -0.1) is 0 Å². The summed E-state index contributed by atoms with van der Waals surface area (Å²) in [5.74, 6) is 0.298. The van der Waals surface area contributed by atoms with Crippen molar-refractivity contribution in [3.05, 3.63) is 29.8 Å². The number of aliphatic hydroxyl groups excluding tert-OH is 1. The average molecular weight is 245 g/mol. The first-order valence-electron chi connectivity index (χ1n) is 4.79. The van der Waals surface area contributed by atoms with Crippen LogP contribution < -0.4 is 4.18 Å². The van der Waals surface area contributed by atoms with E-state index < -0.39 is 10.3 Å². The van der Waals surface area contributed by atoms with Crippen LogP contribution >= 0.6 is 0 Å². The van der Waals surface area contributed by atoms with Crippen LogP contribution in [0.3, 0.4) is 0 Å². The molecule has 0 bridgehead atoms. The maximum atomic E-state index is 11.6. The third-order valence-corrected chi connectivity index (χ3v) is 3.42. The average Bonchev–Trinajstić information content (AvgIpc) is 2.21. The minimum absolute atomic E-state index is 0.00815. The van der Waals surface area contributed by atoms with E-state index in [2.05, 4.69) is 0 Å². The molecular weight excluding hydrogens is 230 g/mol. The number of benzene rings is 1. The largest absolute Gasteiger partial charge is 0.395 e. The first-order chi connectivity index (χ1) is 7.47. The molecule has 0 atom stereocenters. The molecule has 0 aliphatic rings. The van der Waals surface area contributed by atoms with Crippen LogP contribution in [0.1, 0.15) is 5.56 Å². The molecule has 6 heteroatoms. The summed E-state index contributed by atoms with van der Waals surface area (Å²) in [6.07, 6.45) is 0. The van der Waals surface area contributed by atoms with Gasteiger partial charge < -0.3 is 9.29 Å². The lowest BCUT2D eigenvalue weighted by Gasteiger charge is -2.16. The Labute approximate surface area is 95.5 Å². The maximum absolute atomic E-state index is 11.6. The second-order valence-corrected chi connectivity index (χ2v) is 5.00. The highest BCUT2D eigenvalue weighted by molar-refractivity contribution is 7.84. The summed E-state index contributed by atoms with van der Waals surface area (Å²) >= 11 is 0. The van der Waals surface area contributed by atoms with Crippen LogP contribution in [0.2, 0.25) is 0 Å². The second-order valence-electron chi connectivity index (χ2n) is 3.35. The molecule has 0 aliphatic heterocycles. The summed E-state index contributed by atoms with van der Waals surface area (Å²) in [6.45, 7) is 1.53. The van der Waals surface area contributed by atoms with Crippen LogP contribution in [-0.4, -0.2) is 38.0 Å². The Morgan fingerprint density at radius 1 is 1.38 bits per heavy atom. The first-order valence-corrected chi connectivity index (χ1v) is 6.16. The molecule has 0 heterocycles. The second kappa shape index (κ2) is 5.29. The van der Waals surface area contributed by atoms with Crippen LogP contribution in [0.5, 0.6) is 5.75 Å². The monoisotopic (exact) mass is 245 g/mol. The summed E-state index contributed by atoms with van der Waals surface area (Å²) in [6, 6.07) is 6.84. The Morgan fingerprint density at radius 2 is 2.00 bits per heavy atom. The van der Waals surface area contributed by atoms with Crippen molar-refractivity contribution >= 4 is 10.3 Å². The van der Waals surface area contributed by atoms with Gasteiger partial charge in [-0.3, -0.25) is 0 Å². The number of aliphatic hydroxyl groups is 1. The lowest BCUT2D eigenvalue weighted by atomic mass is 10.2. The van der Waals surface area contributed by atoms with Gasteiger partial charge in [-0.2, -0.15) is 12.7 Å². The lowest BCUT2D eigenvalue weighted by Crippen LogP contribution is -2.33. The van der Waals surface area contributed by atoms with Crippen molar-refractivity contribution in [2.24, 2.45) is 0 Å². The van der Waals surface area contributed by atoms with E-state index in [1.165, 1.54) is 7.05 Å². The number of aryl methyl sites for hydroxylation is 1. The molecule has 0 fully saturated rings. The molecule has 0 amide bonds. The van der Waals surface area contributed by atoms with Gasteiger partial charge in [-0.1, -0.05) is 18.2 Å². The van der Waals surface area contributed by atoms with Gasteiger partial charge in [-0.25, -0.2) is 0 Å². The summed E-state index contributed by atoms with van der Waals surface area (Å²) in [5, 5.41) is 8.66. The normalized spacial score (nSPS) is 11.8. The molecule has 90 valence electrons. The van der Waals surface area contributed by atoms with Crippen LogP contribution in [0.15, 0.2) is 24.3 Å². The Kier molecular flexibility index (Phi) is 4.28. The zero-order chi connectivity index (χ0) is 12.2. The molecule has 16 heavy (non-hydrogen) atoms. The standard InChI is InChI=1S/C10H15NO4S/c1-9-5-3-4-6-10(9)15-16(13,14)11(2)7-8-12/h3-6,12H,7-8H2,1-2H3. The fourth-order valence-electron chi connectivity index (χ4n) is 1.08. The van der Waals surface area contributed by atoms with Gasteiger partial charge in [0.25, 0.3) is 0 Å². The minimum Gasteiger partial charge on any atom is -0.395 e. The molecule has 0 unspecified atom stereocenters. The van der Waals surface area contributed by atoms with Crippen LogP contribution in [0.25, 0.3) is 0 Å². The van der Waals surface area contributed by atoms with E-state index in [1.807, 2.05) is 0 Å². The van der Waals surface area contributed by atoms with E-state index in [0.717, 1.165) is 9.87 Å². The van der Waals surface area contributed by atoms with Crippen LogP contribution in [0, 0.1) is 6.92 Å². The molecule has 1 aromatic carbocycles. The van der Waals surface area contributed by atoms with Gasteiger partial charge in [0.2, 0.25) is 0 Å². The molecule has 5 nitrogen and oxygen atoms in total. The predicted octanol–water partition coefficient (Wildman–Crippen LogP) is 0.543. The number of para-hydroxylation sites is 1. The molecule has 0 aromatic heterocycles. The van der Waals surface area contributed by atoms with Crippen molar-refractivity contribution in [3.63, 3.8) is 0 Å². The highest BCUT2D eigenvalue weighted by atomic mass is 32.2. The molecule has 0 saturated heterocycles. The molecule has 0 aliphatic carbocycles. The Morgan fingerprint density at radius 3 is 2.56 bits per heavy atom. The predicted molar refractivity (Wildman–Crippen MR) is 60.4 cm³/mol. The Hall–Kier alpha value is -1.11. The fourth-order valence-corrected chi connectivity index (χ4v) is 1.93. The molecule has 1 rings (SSSR count). The van der Waals surface area contributed by atoms with Gasteiger partial charge in [0.05, 0.1) is 6.61 Å². The minimum atomic E-state index is -3.82. The lowest BCUT2D eigenvalue weighted by molar-refractivity contribution is 0.259. The van der Waals surface area contributed by atoms with E-state index in [-0.39, 0.29) is 13.2 Å². The summed E-state index contributed by atoms with van der Waals surface area (Å²) in [7, 11) is -2.47. The SMILES string of the molecule is Cc1ccccc1OS(=O)(=O)N(C)CCO. The van der Waals surface area contributed by atoms with Crippen LogP contribution in [0.4, 0.5) is 0 Å². The van der Waals surface area contributed by atoms with E-state index in [9.17, 15) is 8.42 Å². The van der Waals surface area contributed by atoms with Crippen molar-refractivity contribution in [1.29, 1.82) is 0 Å². The molecule has 0 spiro atoms. The van der Waals surface area contributed by atoms with Crippen molar-refractivity contribution in [2.75, 3.05) is 20.2 Å². The Balaban J connectivity index is 2.85. The third kappa shape index (κ3) is 3.19. The smallest absolute Gasteiger partial charge is 0.384 e. The molecule has 1 aromatic rings. The third-order valence-electron chi connectivity index (χ3n) is 2.09. The van der Waals surface area contributed by atoms with E-state index in [1.54, 1.807) is 31.2 Å².